The second kappa shape index (κ2) is 8.15. The van der Waals surface area contributed by atoms with E-state index in [9.17, 15) is 4.79 Å². The topological polar surface area (TPSA) is 41.6 Å². The van der Waals surface area contributed by atoms with Gasteiger partial charge in [-0.05, 0) is 24.1 Å². The van der Waals surface area contributed by atoms with Crippen molar-refractivity contribution in [1.82, 2.24) is 10.2 Å². The van der Waals surface area contributed by atoms with Gasteiger partial charge in [0.15, 0.2) is 0 Å². The molecule has 0 spiro atoms. The maximum absolute atomic E-state index is 11.6. The number of methoxy groups -OCH3 is 1. The van der Waals surface area contributed by atoms with Crippen LogP contribution in [-0.4, -0.2) is 43.7 Å². The van der Waals surface area contributed by atoms with Gasteiger partial charge in [-0.2, -0.15) is 0 Å². The number of unbranched alkanes of at least 4 members (excludes halogenated alkanes) is 1. The molecule has 0 aromatic heterocycles. The highest BCUT2D eigenvalue weighted by Gasteiger charge is 2.19. The molecule has 4 nitrogen and oxygen atoms in total. The van der Waals surface area contributed by atoms with E-state index >= 15 is 0 Å². The molecule has 1 N–H and O–H groups in total. The normalized spacial score (nSPS) is 19.4. The van der Waals surface area contributed by atoms with E-state index < -0.39 is 0 Å². The third kappa shape index (κ3) is 4.83. The van der Waals surface area contributed by atoms with Gasteiger partial charge in [0.2, 0.25) is 0 Å². The summed E-state index contributed by atoms with van der Waals surface area (Å²) in [5.74, 6) is -0.266. The maximum atomic E-state index is 11.6. The molecule has 4 heteroatoms. The van der Waals surface area contributed by atoms with Gasteiger partial charge in [-0.25, -0.2) is 4.79 Å². The lowest BCUT2D eigenvalue weighted by molar-refractivity contribution is 0.0600. The summed E-state index contributed by atoms with van der Waals surface area (Å²) in [5, 5.41) is 3.59. The minimum absolute atomic E-state index is 0.266. The second-order valence-corrected chi connectivity index (χ2v) is 5.72. The van der Waals surface area contributed by atoms with Crippen LogP contribution in [0.1, 0.15) is 42.1 Å². The van der Waals surface area contributed by atoms with Gasteiger partial charge in [-0.3, -0.25) is 4.90 Å². The molecule has 2 rings (SSSR count). The smallest absolute Gasteiger partial charge is 0.337 e. The molecular weight excluding hydrogens is 264 g/mol. The Balaban J connectivity index is 1.93. The van der Waals surface area contributed by atoms with Crippen LogP contribution in [0.25, 0.3) is 0 Å². The van der Waals surface area contributed by atoms with E-state index in [-0.39, 0.29) is 5.97 Å². The van der Waals surface area contributed by atoms with Crippen LogP contribution in [-0.2, 0) is 11.3 Å². The Kier molecular flexibility index (Phi) is 6.21. The summed E-state index contributed by atoms with van der Waals surface area (Å²) in [5.41, 5.74) is 1.81. The molecule has 21 heavy (non-hydrogen) atoms. The maximum Gasteiger partial charge on any atom is 0.337 e. The average Bonchev–Trinajstić information content (AvgIpc) is 2.53. The number of rotatable bonds is 6. The fourth-order valence-corrected chi connectivity index (χ4v) is 2.85. The summed E-state index contributed by atoms with van der Waals surface area (Å²) < 4.78 is 4.78. The first-order valence-electron chi connectivity index (χ1n) is 7.86. The van der Waals surface area contributed by atoms with Crippen molar-refractivity contribution in [2.45, 2.75) is 38.8 Å². The molecule has 1 aromatic carbocycles. The predicted octanol–water partition coefficient (Wildman–Crippen LogP) is 2.44. The Morgan fingerprint density at radius 1 is 1.48 bits per heavy atom. The molecule has 0 bridgehead atoms. The van der Waals surface area contributed by atoms with Crippen LogP contribution in [0.15, 0.2) is 24.3 Å². The number of hydrogen-bond acceptors (Lipinski definition) is 4. The summed E-state index contributed by atoms with van der Waals surface area (Å²) in [7, 11) is 1.42. The standard InChI is InChI=1S/C17H26N2O2/c1-3-4-8-16-13-19(10-9-18-16)12-14-6-5-7-15(11-14)17(20)21-2/h5-7,11,16,18H,3-4,8-10,12-13H2,1-2H3/t16-/m1/s1. The Bertz CT molecular complexity index is 462. The zero-order valence-electron chi connectivity index (χ0n) is 13.1. The molecule has 0 radical (unpaired) electrons. The number of carbonyl (C=O) groups is 1. The zero-order valence-corrected chi connectivity index (χ0v) is 13.1. The SMILES string of the molecule is CCCC[C@@H]1CN(Cc2cccc(C(=O)OC)c2)CCN1. The summed E-state index contributed by atoms with van der Waals surface area (Å²) >= 11 is 0. The Hall–Kier alpha value is -1.39. The first-order valence-corrected chi connectivity index (χ1v) is 7.86. The zero-order chi connectivity index (χ0) is 15.1. The van der Waals surface area contributed by atoms with Crippen LogP contribution in [0.4, 0.5) is 0 Å². The molecule has 0 amide bonds. The number of piperazine rings is 1. The summed E-state index contributed by atoms with van der Waals surface area (Å²) in [6, 6.07) is 8.35. The van der Waals surface area contributed by atoms with Gasteiger partial charge < -0.3 is 10.1 Å². The third-order valence-corrected chi connectivity index (χ3v) is 4.00. The van der Waals surface area contributed by atoms with Crippen molar-refractivity contribution in [2.75, 3.05) is 26.7 Å². The van der Waals surface area contributed by atoms with Crippen LogP contribution < -0.4 is 5.32 Å². The number of ether oxygens (including phenoxy) is 1. The molecule has 1 saturated heterocycles. The first kappa shape index (κ1) is 16.0. The van der Waals surface area contributed by atoms with E-state index in [0.29, 0.717) is 11.6 Å². The highest BCUT2D eigenvalue weighted by atomic mass is 16.5. The van der Waals surface area contributed by atoms with Gasteiger partial charge in [0.25, 0.3) is 0 Å². The first-order chi connectivity index (χ1) is 10.2. The molecule has 1 fully saturated rings. The lowest BCUT2D eigenvalue weighted by atomic mass is 10.1. The van der Waals surface area contributed by atoms with Gasteiger partial charge >= 0.3 is 5.97 Å². The van der Waals surface area contributed by atoms with E-state index in [4.69, 9.17) is 4.74 Å². The number of nitrogens with zero attached hydrogens (tertiary/aromatic N) is 1. The quantitative estimate of drug-likeness (QED) is 0.817. The Morgan fingerprint density at radius 3 is 3.10 bits per heavy atom. The minimum atomic E-state index is -0.266. The third-order valence-electron chi connectivity index (χ3n) is 4.00. The molecule has 1 aliphatic rings. The van der Waals surface area contributed by atoms with Crippen molar-refractivity contribution in [1.29, 1.82) is 0 Å². The van der Waals surface area contributed by atoms with E-state index in [1.54, 1.807) is 6.07 Å². The molecule has 0 saturated carbocycles. The number of hydrogen-bond donors (Lipinski definition) is 1. The van der Waals surface area contributed by atoms with Crippen LogP contribution >= 0.6 is 0 Å². The Morgan fingerprint density at radius 2 is 2.33 bits per heavy atom. The summed E-state index contributed by atoms with van der Waals surface area (Å²) in [6.45, 7) is 6.33. The molecule has 0 unspecified atom stereocenters. The van der Waals surface area contributed by atoms with Crippen molar-refractivity contribution >= 4 is 5.97 Å². The predicted molar refractivity (Wildman–Crippen MR) is 84.4 cm³/mol. The van der Waals surface area contributed by atoms with E-state index in [2.05, 4.69) is 23.2 Å². The van der Waals surface area contributed by atoms with Gasteiger partial charge in [-0.15, -0.1) is 0 Å². The lowest BCUT2D eigenvalue weighted by Crippen LogP contribution is -2.50. The Labute approximate surface area is 127 Å². The monoisotopic (exact) mass is 290 g/mol. The van der Waals surface area contributed by atoms with Crippen molar-refractivity contribution in [3.05, 3.63) is 35.4 Å². The molecule has 1 atom stereocenters. The van der Waals surface area contributed by atoms with Crippen molar-refractivity contribution in [3.8, 4) is 0 Å². The number of carbonyl (C=O) groups excluding carboxylic acids is 1. The number of benzene rings is 1. The van der Waals surface area contributed by atoms with E-state index in [0.717, 1.165) is 26.2 Å². The highest BCUT2D eigenvalue weighted by molar-refractivity contribution is 5.89. The van der Waals surface area contributed by atoms with Gasteiger partial charge in [0.1, 0.15) is 0 Å². The highest BCUT2D eigenvalue weighted by Crippen LogP contribution is 2.13. The van der Waals surface area contributed by atoms with Crippen LogP contribution in [0, 0.1) is 0 Å². The van der Waals surface area contributed by atoms with Gasteiger partial charge in [0, 0.05) is 32.2 Å². The summed E-state index contributed by atoms with van der Waals surface area (Å²) in [6.07, 6.45) is 3.78. The van der Waals surface area contributed by atoms with Crippen LogP contribution in [0.5, 0.6) is 0 Å². The fourth-order valence-electron chi connectivity index (χ4n) is 2.85. The molecule has 1 heterocycles. The van der Waals surface area contributed by atoms with Crippen molar-refractivity contribution in [3.63, 3.8) is 0 Å². The summed E-state index contributed by atoms with van der Waals surface area (Å²) in [4.78, 5) is 14.0. The average molecular weight is 290 g/mol. The minimum Gasteiger partial charge on any atom is -0.465 e. The molecule has 0 aliphatic carbocycles. The van der Waals surface area contributed by atoms with Crippen molar-refractivity contribution in [2.24, 2.45) is 0 Å². The fraction of sp³-hybridized carbons (Fsp3) is 0.588. The molecule has 116 valence electrons. The largest absolute Gasteiger partial charge is 0.465 e. The lowest BCUT2D eigenvalue weighted by Gasteiger charge is -2.33. The molecule has 1 aliphatic heterocycles. The number of esters is 1. The van der Waals surface area contributed by atoms with Gasteiger partial charge in [-0.1, -0.05) is 31.9 Å². The number of nitrogens with one attached hydrogen (secondary N) is 1. The van der Waals surface area contributed by atoms with Crippen LogP contribution in [0.2, 0.25) is 0 Å². The second-order valence-electron chi connectivity index (χ2n) is 5.72. The van der Waals surface area contributed by atoms with E-state index in [1.807, 2.05) is 12.1 Å². The molecule has 1 aromatic rings. The van der Waals surface area contributed by atoms with Crippen LogP contribution in [0.3, 0.4) is 0 Å². The van der Waals surface area contributed by atoms with E-state index in [1.165, 1.54) is 31.9 Å². The van der Waals surface area contributed by atoms with Gasteiger partial charge in [0.05, 0.1) is 12.7 Å². The molecular formula is C17H26N2O2. The van der Waals surface area contributed by atoms with Crippen molar-refractivity contribution < 1.29 is 9.53 Å².